The normalized spacial score (nSPS) is 17.1. The molecule has 1 aromatic heterocycles. The Morgan fingerprint density at radius 3 is 2.55 bits per heavy atom. The lowest BCUT2D eigenvalue weighted by molar-refractivity contribution is -0.119. The molecule has 2 aromatic carbocycles. The summed E-state index contributed by atoms with van der Waals surface area (Å²) in [7, 11) is 0. The zero-order valence-corrected chi connectivity index (χ0v) is 19.6. The molecule has 1 amide bonds. The molecule has 7 nitrogen and oxygen atoms in total. The third kappa shape index (κ3) is 5.07. The van der Waals surface area contributed by atoms with Crippen LogP contribution in [0, 0.1) is 12.8 Å². The molecule has 8 heteroatoms. The van der Waals surface area contributed by atoms with Crippen LogP contribution >= 0.6 is 11.8 Å². The Morgan fingerprint density at radius 2 is 1.82 bits per heavy atom. The first-order valence-electron chi connectivity index (χ1n) is 11.5. The number of hydrogen-bond acceptors (Lipinski definition) is 6. The first-order chi connectivity index (χ1) is 16.2. The smallest absolute Gasteiger partial charge is 0.232 e. The Morgan fingerprint density at radius 1 is 1.09 bits per heavy atom. The molecule has 172 valence electrons. The highest BCUT2D eigenvalue weighted by Crippen LogP contribution is 2.41. The number of amides is 1. The number of para-hydroxylation sites is 1. The average molecular weight is 464 g/mol. The summed E-state index contributed by atoms with van der Waals surface area (Å²) in [4.78, 5) is 15.1. The lowest BCUT2D eigenvalue weighted by Crippen LogP contribution is -2.38. The predicted octanol–water partition coefficient (Wildman–Crippen LogP) is 3.77. The molecule has 1 N–H and O–H groups in total. The first-order valence-corrected chi connectivity index (χ1v) is 12.5. The van der Waals surface area contributed by atoms with Crippen LogP contribution in [0.15, 0.2) is 59.8 Å². The van der Waals surface area contributed by atoms with E-state index in [-0.39, 0.29) is 11.9 Å². The fourth-order valence-electron chi connectivity index (χ4n) is 4.26. The minimum Gasteiger partial charge on any atom is -0.378 e. The number of ether oxygens (including phenoxy) is 1. The van der Waals surface area contributed by atoms with E-state index in [1.165, 1.54) is 17.3 Å². The van der Waals surface area contributed by atoms with Gasteiger partial charge in [-0.25, -0.2) is 0 Å². The third-order valence-corrected chi connectivity index (χ3v) is 7.10. The monoisotopic (exact) mass is 463 g/mol. The van der Waals surface area contributed by atoms with Crippen LogP contribution in [0.2, 0.25) is 0 Å². The van der Waals surface area contributed by atoms with Crippen molar-refractivity contribution in [3.05, 3.63) is 65.7 Å². The number of aryl methyl sites for hydroxylation is 1. The summed E-state index contributed by atoms with van der Waals surface area (Å²) in [5.41, 5.74) is 3.35. The zero-order valence-electron chi connectivity index (χ0n) is 18.8. The van der Waals surface area contributed by atoms with Crippen LogP contribution in [0.5, 0.6) is 0 Å². The number of anilines is 1. The molecule has 1 saturated carbocycles. The first kappa shape index (κ1) is 22.0. The highest BCUT2D eigenvalue weighted by Gasteiger charge is 2.33. The van der Waals surface area contributed by atoms with E-state index in [0.717, 1.165) is 48.3 Å². The van der Waals surface area contributed by atoms with Crippen LogP contribution < -0.4 is 10.2 Å². The van der Waals surface area contributed by atoms with Gasteiger partial charge in [-0.3, -0.25) is 9.36 Å². The summed E-state index contributed by atoms with van der Waals surface area (Å²) in [6.07, 6.45) is 2.33. The second-order valence-corrected chi connectivity index (χ2v) is 9.53. The number of aromatic nitrogens is 3. The van der Waals surface area contributed by atoms with Crippen molar-refractivity contribution in [1.29, 1.82) is 0 Å². The van der Waals surface area contributed by atoms with Crippen molar-refractivity contribution in [2.75, 3.05) is 37.0 Å². The molecule has 33 heavy (non-hydrogen) atoms. The van der Waals surface area contributed by atoms with Gasteiger partial charge in [-0.15, -0.1) is 10.2 Å². The number of nitrogens with one attached hydrogen (secondary N) is 1. The molecule has 1 saturated heterocycles. The molecule has 3 aromatic rings. The largest absolute Gasteiger partial charge is 0.378 e. The van der Waals surface area contributed by atoms with E-state index in [1.807, 2.05) is 30.3 Å². The molecular formula is C25H29N5O2S. The number of thioether (sulfide) groups is 1. The summed E-state index contributed by atoms with van der Waals surface area (Å²) in [6.45, 7) is 4.98. The molecule has 5 rings (SSSR count). The lowest BCUT2D eigenvalue weighted by Gasteiger charge is -2.28. The van der Waals surface area contributed by atoms with Crippen LogP contribution in [0.25, 0.3) is 5.69 Å². The quantitative estimate of drug-likeness (QED) is 0.513. The van der Waals surface area contributed by atoms with Crippen molar-refractivity contribution in [2.45, 2.75) is 31.0 Å². The molecule has 0 spiro atoms. The fourth-order valence-corrected chi connectivity index (χ4v) is 5.01. The maximum absolute atomic E-state index is 12.9. The zero-order chi connectivity index (χ0) is 22.6. The number of benzene rings is 2. The second-order valence-electron chi connectivity index (χ2n) is 8.59. The Labute approximate surface area is 198 Å². The van der Waals surface area contributed by atoms with E-state index in [4.69, 9.17) is 4.74 Å². The highest BCUT2D eigenvalue weighted by atomic mass is 32.2. The number of rotatable bonds is 8. The maximum atomic E-state index is 12.9. The van der Waals surface area contributed by atoms with Gasteiger partial charge in [0.25, 0.3) is 0 Å². The number of hydrogen-bond donors (Lipinski definition) is 1. The second kappa shape index (κ2) is 9.97. The molecule has 1 atom stereocenters. The summed E-state index contributed by atoms with van der Waals surface area (Å²) in [5, 5.41) is 13.0. The summed E-state index contributed by atoms with van der Waals surface area (Å²) in [6, 6.07) is 18.6. The van der Waals surface area contributed by atoms with E-state index < -0.39 is 0 Å². The van der Waals surface area contributed by atoms with Gasteiger partial charge in [-0.2, -0.15) is 0 Å². The molecule has 0 radical (unpaired) electrons. The van der Waals surface area contributed by atoms with Crippen molar-refractivity contribution in [3.63, 3.8) is 0 Å². The van der Waals surface area contributed by atoms with Crippen molar-refractivity contribution >= 4 is 23.6 Å². The summed E-state index contributed by atoms with van der Waals surface area (Å²) < 4.78 is 7.59. The Hall–Kier alpha value is -2.84. The lowest BCUT2D eigenvalue weighted by atomic mass is 10.0. The van der Waals surface area contributed by atoms with E-state index in [0.29, 0.717) is 24.9 Å². The summed E-state index contributed by atoms with van der Waals surface area (Å²) >= 11 is 1.43. The predicted molar refractivity (Wildman–Crippen MR) is 130 cm³/mol. The molecular weight excluding hydrogens is 434 g/mol. The molecule has 2 fully saturated rings. The third-order valence-electron chi connectivity index (χ3n) is 6.17. The van der Waals surface area contributed by atoms with Crippen molar-refractivity contribution in [3.8, 4) is 5.69 Å². The standard InChI is InChI=1S/C25H29N5O2S/c1-18-7-5-6-10-21(18)30-24(29-13-15-32-16-14-29)27-28-25(30)33-17-22(31)26-23(20-11-12-20)19-8-3-2-4-9-19/h2-10,20,23H,11-17H2,1H3,(H,26,31). The fraction of sp³-hybridized carbons (Fsp3) is 0.400. The number of carbonyl (C=O) groups excluding carboxylic acids is 1. The van der Waals surface area contributed by atoms with Crippen LogP contribution in [-0.4, -0.2) is 52.7 Å². The van der Waals surface area contributed by atoms with Gasteiger partial charge in [0.05, 0.1) is 30.7 Å². The van der Waals surface area contributed by atoms with Gasteiger partial charge in [-0.1, -0.05) is 60.3 Å². The minimum atomic E-state index is 0.0213. The molecule has 2 heterocycles. The van der Waals surface area contributed by atoms with Gasteiger partial charge >= 0.3 is 0 Å². The van der Waals surface area contributed by atoms with Gasteiger partial charge < -0.3 is 15.0 Å². The molecule has 1 unspecified atom stereocenters. The number of morpholine rings is 1. The molecule has 1 aliphatic carbocycles. The van der Waals surface area contributed by atoms with Crippen LogP contribution in [0.1, 0.15) is 30.0 Å². The maximum Gasteiger partial charge on any atom is 0.232 e. The van der Waals surface area contributed by atoms with Crippen LogP contribution in [0.3, 0.4) is 0 Å². The van der Waals surface area contributed by atoms with Gasteiger partial charge in [0.1, 0.15) is 0 Å². The molecule has 0 bridgehead atoms. The van der Waals surface area contributed by atoms with E-state index in [1.54, 1.807) is 0 Å². The Bertz CT molecular complexity index is 1090. The van der Waals surface area contributed by atoms with Gasteiger partial charge in [0.2, 0.25) is 11.9 Å². The average Bonchev–Trinajstić information content (AvgIpc) is 3.61. The SMILES string of the molecule is Cc1ccccc1-n1c(SCC(=O)NC(c2ccccc2)C2CC2)nnc1N1CCOCC1. The summed E-state index contributed by atoms with van der Waals surface area (Å²) in [5.74, 6) is 1.65. The van der Waals surface area contributed by atoms with Gasteiger partial charge in [0, 0.05) is 13.1 Å². The number of carbonyl (C=O) groups is 1. The van der Waals surface area contributed by atoms with Crippen molar-refractivity contribution < 1.29 is 9.53 Å². The Kier molecular flexibility index (Phi) is 6.64. The van der Waals surface area contributed by atoms with Gasteiger partial charge in [-0.05, 0) is 42.9 Å². The molecule has 1 aliphatic heterocycles. The van der Waals surface area contributed by atoms with E-state index in [2.05, 4.69) is 56.2 Å². The number of nitrogens with zero attached hydrogens (tertiary/aromatic N) is 4. The van der Waals surface area contributed by atoms with Crippen molar-refractivity contribution in [1.82, 2.24) is 20.1 Å². The topological polar surface area (TPSA) is 72.3 Å². The minimum absolute atomic E-state index is 0.0213. The van der Waals surface area contributed by atoms with E-state index in [9.17, 15) is 4.79 Å². The Balaban J connectivity index is 1.34. The molecule has 2 aliphatic rings. The van der Waals surface area contributed by atoms with Crippen molar-refractivity contribution in [2.24, 2.45) is 5.92 Å². The highest BCUT2D eigenvalue weighted by molar-refractivity contribution is 7.99. The van der Waals surface area contributed by atoms with Crippen LogP contribution in [0.4, 0.5) is 5.95 Å². The van der Waals surface area contributed by atoms with E-state index >= 15 is 0 Å². The van der Waals surface area contributed by atoms with Crippen LogP contribution in [-0.2, 0) is 9.53 Å². The van der Waals surface area contributed by atoms with Gasteiger partial charge in [0.15, 0.2) is 5.16 Å².